The highest BCUT2D eigenvalue weighted by Gasteiger charge is 2.05. The number of rotatable bonds is 9. The van der Waals surface area contributed by atoms with Gasteiger partial charge in [0.15, 0.2) is 0 Å². The molecular weight excluding hydrogens is 238 g/mol. The van der Waals surface area contributed by atoms with Crippen molar-refractivity contribution >= 4 is 5.91 Å². The molecule has 1 rings (SSSR count). The Balaban J connectivity index is 2.75. The fourth-order valence-corrected chi connectivity index (χ4v) is 2.14. The quantitative estimate of drug-likeness (QED) is 0.587. The third kappa shape index (κ3) is 5.85. The number of amides is 1. The van der Waals surface area contributed by atoms with Crippen LogP contribution in [-0.2, 0) is 12.8 Å². The van der Waals surface area contributed by atoms with E-state index in [2.05, 4.69) is 6.07 Å². The van der Waals surface area contributed by atoms with Crippen molar-refractivity contribution in [3.63, 3.8) is 0 Å². The second-order valence-electron chi connectivity index (χ2n) is 4.89. The van der Waals surface area contributed by atoms with Crippen LogP contribution in [0.1, 0.15) is 47.2 Å². The molecule has 0 saturated carbocycles. The molecule has 0 unspecified atom stereocenters. The fourth-order valence-electron chi connectivity index (χ4n) is 2.14. The number of aryl methyl sites for hydroxylation is 2. The van der Waals surface area contributed by atoms with Crippen molar-refractivity contribution in [3.8, 4) is 0 Å². The van der Waals surface area contributed by atoms with Crippen LogP contribution in [-0.4, -0.2) is 19.0 Å². The number of nitrogens with two attached hydrogens (primary N) is 3. The summed E-state index contributed by atoms with van der Waals surface area (Å²) in [6.45, 7) is 1.41. The molecule has 1 aromatic carbocycles. The van der Waals surface area contributed by atoms with Crippen molar-refractivity contribution in [1.82, 2.24) is 0 Å². The first-order valence-electron chi connectivity index (χ1n) is 7.00. The van der Waals surface area contributed by atoms with Crippen molar-refractivity contribution in [2.24, 2.45) is 17.2 Å². The summed E-state index contributed by atoms with van der Waals surface area (Å²) in [5.74, 6) is -0.360. The van der Waals surface area contributed by atoms with Crippen LogP contribution in [0.15, 0.2) is 18.2 Å². The molecule has 0 radical (unpaired) electrons. The number of unbranched alkanes of at least 4 members (excludes halogenated alkanes) is 2. The lowest BCUT2D eigenvalue weighted by molar-refractivity contribution is 0.1000. The van der Waals surface area contributed by atoms with Gasteiger partial charge in [0, 0.05) is 5.56 Å². The summed E-state index contributed by atoms with van der Waals surface area (Å²) >= 11 is 0. The third-order valence-electron chi connectivity index (χ3n) is 3.18. The third-order valence-corrected chi connectivity index (χ3v) is 3.18. The maximum Gasteiger partial charge on any atom is 0.248 e. The van der Waals surface area contributed by atoms with Gasteiger partial charge < -0.3 is 17.2 Å². The van der Waals surface area contributed by atoms with Crippen molar-refractivity contribution in [2.45, 2.75) is 38.5 Å². The van der Waals surface area contributed by atoms with Crippen molar-refractivity contribution in [2.75, 3.05) is 13.1 Å². The number of carbonyl (C=O) groups excluding carboxylic acids is 1. The average Bonchev–Trinajstić information content (AvgIpc) is 2.39. The molecule has 0 bridgehead atoms. The zero-order valence-corrected chi connectivity index (χ0v) is 11.5. The highest BCUT2D eigenvalue weighted by atomic mass is 16.1. The average molecular weight is 263 g/mol. The Bertz CT molecular complexity index is 376. The monoisotopic (exact) mass is 263 g/mol. The van der Waals surface area contributed by atoms with Gasteiger partial charge in [-0.3, -0.25) is 4.79 Å². The van der Waals surface area contributed by atoms with E-state index in [0.717, 1.165) is 38.5 Å². The Kier molecular flexibility index (Phi) is 7.15. The van der Waals surface area contributed by atoms with Crippen LogP contribution in [0.4, 0.5) is 0 Å². The minimum absolute atomic E-state index is 0.360. The number of hydrogen-bond acceptors (Lipinski definition) is 3. The van der Waals surface area contributed by atoms with Gasteiger partial charge >= 0.3 is 0 Å². The zero-order chi connectivity index (χ0) is 14.1. The summed E-state index contributed by atoms with van der Waals surface area (Å²) in [5, 5.41) is 0. The first-order valence-corrected chi connectivity index (χ1v) is 7.00. The Morgan fingerprint density at radius 2 is 1.32 bits per heavy atom. The molecule has 0 aliphatic rings. The largest absolute Gasteiger partial charge is 0.366 e. The standard InChI is InChI=1S/C15H25N3O/c16-7-3-1-5-12-9-13(6-2-4-8-17)11-14(10-12)15(18)19/h9-11H,1-8,16-17H2,(H2,18,19). The summed E-state index contributed by atoms with van der Waals surface area (Å²) in [5.41, 5.74) is 19.3. The van der Waals surface area contributed by atoms with Gasteiger partial charge in [0.2, 0.25) is 5.91 Å². The lowest BCUT2D eigenvalue weighted by Gasteiger charge is -2.08. The smallest absolute Gasteiger partial charge is 0.248 e. The Morgan fingerprint density at radius 3 is 1.68 bits per heavy atom. The van der Waals surface area contributed by atoms with E-state index in [-0.39, 0.29) is 5.91 Å². The molecule has 0 aliphatic carbocycles. The Hall–Kier alpha value is -1.39. The van der Waals surface area contributed by atoms with E-state index in [1.54, 1.807) is 0 Å². The van der Waals surface area contributed by atoms with Gasteiger partial charge in [-0.25, -0.2) is 0 Å². The van der Waals surface area contributed by atoms with Crippen molar-refractivity contribution < 1.29 is 4.79 Å². The van der Waals surface area contributed by atoms with Gasteiger partial charge in [-0.15, -0.1) is 0 Å². The topological polar surface area (TPSA) is 95.1 Å². The molecule has 1 aromatic rings. The molecule has 6 N–H and O–H groups in total. The first kappa shape index (κ1) is 15.7. The second kappa shape index (κ2) is 8.67. The number of primary amides is 1. The van der Waals surface area contributed by atoms with E-state index in [1.165, 1.54) is 11.1 Å². The predicted molar refractivity (Wildman–Crippen MR) is 78.9 cm³/mol. The van der Waals surface area contributed by atoms with Crippen LogP contribution < -0.4 is 17.2 Å². The van der Waals surface area contributed by atoms with Gasteiger partial charge in [0.1, 0.15) is 0 Å². The van der Waals surface area contributed by atoms with E-state index in [9.17, 15) is 4.79 Å². The minimum atomic E-state index is -0.360. The van der Waals surface area contributed by atoms with Crippen LogP contribution in [0, 0.1) is 0 Å². The van der Waals surface area contributed by atoms with Crippen LogP contribution in [0.3, 0.4) is 0 Å². The van der Waals surface area contributed by atoms with Crippen molar-refractivity contribution in [1.29, 1.82) is 0 Å². The van der Waals surface area contributed by atoms with Gasteiger partial charge in [0.05, 0.1) is 0 Å². The van der Waals surface area contributed by atoms with E-state index in [0.29, 0.717) is 18.7 Å². The molecular formula is C15H25N3O. The van der Waals surface area contributed by atoms with Crippen LogP contribution in [0.2, 0.25) is 0 Å². The summed E-state index contributed by atoms with van der Waals surface area (Å²) in [4.78, 5) is 11.3. The van der Waals surface area contributed by atoms with Gasteiger partial charge in [-0.2, -0.15) is 0 Å². The highest BCUT2D eigenvalue weighted by molar-refractivity contribution is 5.93. The van der Waals surface area contributed by atoms with Gasteiger partial charge in [0.25, 0.3) is 0 Å². The van der Waals surface area contributed by atoms with E-state index >= 15 is 0 Å². The summed E-state index contributed by atoms with van der Waals surface area (Å²) < 4.78 is 0. The molecule has 4 heteroatoms. The second-order valence-corrected chi connectivity index (χ2v) is 4.89. The van der Waals surface area contributed by atoms with Gasteiger partial charge in [-0.05, 0) is 74.9 Å². The fraction of sp³-hybridized carbons (Fsp3) is 0.533. The lowest BCUT2D eigenvalue weighted by atomic mass is 9.98. The van der Waals surface area contributed by atoms with Crippen LogP contribution >= 0.6 is 0 Å². The molecule has 19 heavy (non-hydrogen) atoms. The minimum Gasteiger partial charge on any atom is -0.366 e. The molecule has 0 atom stereocenters. The molecule has 0 aromatic heterocycles. The van der Waals surface area contributed by atoms with E-state index in [4.69, 9.17) is 17.2 Å². The van der Waals surface area contributed by atoms with Crippen LogP contribution in [0.5, 0.6) is 0 Å². The van der Waals surface area contributed by atoms with E-state index in [1.807, 2.05) is 12.1 Å². The van der Waals surface area contributed by atoms with E-state index < -0.39 is 0 Å². The maximum absolute atomic E-state index is 11.3. The molecule has 4 nitrogen and oxygen atoms in total. The Morgan fingerprint density at radius 1 is 0.842 bits per heavy atom. The normalized spacial score (nSPS) is 10.6. The van der Waals surface area contributed by atoms with Crippen LogP contribution in [0.25, 0.3) is 0 Å². The summed E-state index contributed by atoms with van der Waals surface area (Å²) in [6, 6.07) is 5.95. The van der Waals surface area contributed by atoms with Gasteiger partial charge in [-0.1, -0.05) is 6.07 Å². The number of benzene rings is 1. The van der Waals surface area contributed by atoms with Crippen molar-refractivity contribution in [3.05, 3.63) is 34.9 Å². The number of carbonyl (C=O) groups is 1. The predicted octanol–water partition coefficient (Wildman–Crippen LogP) is 1.35. The summed E-state index contributed by atoms with van der Waals surface area (Å²) in [6.07, 6.45) is 5.99. The molecule has 0 heterocycles. The highest BCUT2D eigenvalue weighted by Crippen LogP contribution is 2.15. The molecule has 0 spiro atoms. The molecule has 0 aliphatic heterocycles. The first-order chi connectivity index (χ1) is 9.17. The maximum atomic E-state index is 11.3. The lowest BCUT2D eigenvalue weighted by Crippen LogP contribution is -2.12. The molecule has 106 valence electrons. The molecule has 0 saturated heterocycles. The SMILES string of the molecule is NCCCCc1cc(CCCCN)cc(C(N)=O)c1. The zero-order valence-electron chi connectivity index (χ0n) is 11.5. The molecule has 1 amide bonds. The number of hydrogen-bond donors (Lipinski definition) is 3. The Labute approximate surface area is 115 Å². The summed E-state index contributed by atoms with van der Waals surface area (Å²) in [7, 11) is 0. The molecule has 0 fully saturated rings.